The predicted octanol–water partition coefficient (Wildman–Crippen LogP) is 1.81. The molecule has 26 valence electrons. The van der Waals surface area contributed by atoms with Gasteiger partial charge in [0.1, 0.15) is 0 Å². The summed E-state index contributed by atoms with van der Waals surface area (Å²) in [7, 11) is 0. The summed E-state index contributed by atoms with van der Waals surface area (Å²) < 4.78 is 0. The minimum Gasteiger partial charge on any atom is -0.0654 e. The van der Waals surface area contributed by atoms with Crippen LogP contribution in [-0.4, -0.2) is 0 Å². The Kier molecular flexibility index (Phi) is 3.00. The summed E-state index contributed by atoms with van der Waals surface area (Å²) in [4.78, 5) is 0. The van der Waals surface area contributed by atoms with Crippen molar-refractivity contribution in [3.63, 3.8) is 0 Å². The third kappa shape index (κ3) is 2.00. The molecule has 0 atom stereocenters. The Labute approximate surface area is 27.8 Å². The van der Waals surface area contributed by atoms with E-state index in [9.17, 15) is 0 Å². The first-order valence-electron chi connectivity index (χ1n) is 1.91. The van der Waals surface area contributed by atoms with E-state index in [-0.39, 0.29) is 0 Å². The molecule has 0 heteroatoms. The summed E-state index contributed by atoms with van der Waals surface area (Å²) in [5.41, 5.74) is 0. The summed E-state index contributed by atoms with van der Waals surface area (Å²) >= 11 is 0. The first-order chi connectivity index (χ1) is 1.91. The van der Waals surface area contributed by atoms with Crippen LogP contribution in [0.3, 0.4) is 0 Å². The third-order valence-electron chi connectivity index (χ3n) is 0.500. The lowest BCUT2D eigenvalue weighted by molar-refractivity contribution is 0.886. The SMILES string of the molecule is CC[13CH2]C. The van der Waals surface area contributed by atoms with Crippen molar-refractivity contribution in [2.75, 3.05) is 0 Å². The van der Waals surface area contributed by atoms with Crippen LogP contribution in [0.1, 0.15) is 26.7 Å². The van der Waals surface area contributed by atoms with Gasteiger partial charge in [0, 0.05) is 0 Å². The molecular formula is C4H10. The summed E-state index contributed by atoms with van der Waals surface area (Å²) in [6.45, 7) is 4.36. The Morgan fingerprint density at radius 2 is 1.25 bits per heavy atom. The third-order valence-corrected chi connectivity index (χ3v) is 0.500. The predicted molar refractivity (Wildman–Crippen MR) is 20.6 cm³/mol. The molecule has 0 heterocycles. The van der Waals surface area contributed by atoms with E-state index in [0.717, 1.165) is 0 Å². The van der Waals surface area contributed by atoms with Crippen LogP contribution >= 0.6 is 0 Å². The van der Waals surface area contributed by atoms with Crippen molar-refractivity contribution < 1.29 is 0 Å². The lowest BCUT2D eigenvalue weighted by Gasteiger charge is -1.68. The number of hydrogen-bond donors (Lipinski definition) is 0. The summed E-state index contributed by atoms with van der Waals surface area (Å²) in [5, 5.41) is 0. The second-order valence-corrected chi connectivity index (χ2v) is 1.000. The van der Waals surface area contributed by atoms with Crippen LogP contribution in [0.4, 0.5) is 0 Å². The van der Waals surface area contributed by atoms with Gasteiger partial charge in [0.05, 0.1) is 0 Å². The van der Waals surface area contributed by atoms with E-state index in [1.54, 1.807) is 0 Å². The number of unbranched alkanes of at least 4 members (excludes halogenated alkanes) is 1. The minimum absolute atomic E-state index is 1.32. The Bertz CT molecular complexity index is 2.00. The van der Waals surface area contributed by atoms with Crippen LogP contribution < -0.4 is 0 Å². The fourth-order valence-corrected chi connectivity index (χ4v) is 0. The molecular weight excluding hydrogens is 49.0 g/mol. The molecule has 0 aromatic heterocycles. The van der Waals surface area contributed by atoms with E-state index in [4.69, 9.17) is 0 Å². The van der Waals surface area contributed by atoms with E-state index < -0.39 is 0 Å². The first kappa shape index (κ1) is 4.00. The highest BCUT2D eigenvalue weighted by atomic mass is 14.1. The average Bonchev–Trinajstić information content (AvgIpc) is 1.37. The highest BCUT2D eigenvalue weighted by Crippen LogP contribution is 1.76. The van der Waals surface area contributed by atoms with Crippen LogP contribution in [0.5, 0.6) is 0 Å². The van der Waals surface area contributed by atoms with Gasteiger partial charge in [-0.2, -0.15) is 0 Å². The first-order valence-corrected chi connectivity index (χ1v) is 1.91. The Morgan fingerprint density at radius 3 is 1.25 bits per heavy atom. The molecule has 0 rings (SSSR count). The number of rotatable bonds is 1. The maximum atomic E-state index is 2.18. The van der Waals surface area contributed by atoms with E-state index in [1.165, 1.54) is 12.8 Å². The smallest absolute Gasteiger partial charge is 0.0564 e. The van der Waals surface area contributed by atoms with Gasteiger partial charge in [-0.05, 0) is 0 Å². The minimum atomic E-state index is 1.32. The van der Waals surface area contributed by atoms with Gasteiger partial charge >= 0.3 is 0 Å². The quantitative estimate of drug-likeness (QED) is 0.404. The largest absolute Gasteiger partial charge is 0.0654 e. The van der Waals surface area contributed by atoms with Crippen molar-refractivity contribution in [3.05, 3.63) is 0 Å². The maximum absolute atomic E-state index is 2.18. The van der Waals surface area contributed by atoms with Crippen LogP contribution in [-0.2, 0) is 0 Å². The molecule has 0 aliphatic carbocycles. The average molecular weight is 59.1 g/mol. The van der Waals surface area contributed by atoms with E-state index in [1.807, 2.05) is 0 Å². The fourth-order valence-electron chi connectivity index (χ4n) is 0. The molecule has 0 bridgehead atoms. The van der Waals surface area contributed by atoms with Gasteiger partial charge in [-0.3, -0.25) is 0 Å². The second-order valence-electron chi connectivity index (χ2n) is 1.000. The van der Waals surface area contributed by atoms with Gasteiger partial charge in [0.25, 0.3) is 0 Å². The lowest BCUT2D eigenvalue weighted by atomic mass is 10.7. The van der Waals surface area contributed by atoms with Crippen molar-refractivity contribution in [2.45, 2.75) is 26.7 Å². The van der Waals surface area contributed by atoms with E-state index in [0.29, 0.717) is 0 Å². The highest BCUT2D eigenvalue weighted by molar-refractivity contribution is 4.12. The van der Waals surface area contributed by atoms with Crippen LogP contribution in [0, 0.1) is 0 Å². The van der Waals surface area contributed by atoms with Crippen molar-refractivity contribution in [2.24, 2.45) is 0 Å². The molecule has 0 amide bonds. The van der Waals surface area contributed by atoms with Crippen molar-refractivity contribution in [1.29, 1.82) is 0 Å². The molecule has 0 saturated carbocycles. The highest BCUT2D eigenvalue weighted by Gasteiger charge is 1.56. The van der Waals surface area contributed by atoms with Crippen molar-refractivity contribution in [3.8, 4) is 0 Å². The topological polar surface area (TPSA) is 0 Å². The Balaban J connectivity index is 1.97. The zero-order valence-corrected chi connectivity index (χ0v) is 3.41. The standard InChI is InChI=1S/C4H10/c1-3-4-2/h3-4H2,1-2H3/i3+1. The summed E-state index contributed by atoms with van der Waals surface area (Å²) in [6, 6.07) is 0. The maximum Gasteiger partial charge on any atom is -0.0564 e. The molecule has 0 aliphatic heterocycles. The van der Waals surface area contributed by atoms with Crippen molar-refractivity contribution >= 4 is 0 Å². The molecule has 0 spiro atoms. The summed E-state index contributed by atoms with van der Waals surface area (Å²) in [6.07, 6.45) is 2.64. The van der Waals surface area contributed by atoms with Crippen LogP contribution in [0.2, 0.25) is 0 Å². The van der Waals surface area contributed by atoms with Gasteiger partial charge in [0.15, 0.2) is 0 Å². The fraction of sp³-hybridized carbons (Fsp3) is 1.00. The monoisotopic (exact) mass is 59.1 g/mol. The van der Waals surface area contributed by atoms with E-state index in [2.05, 4.69) is 13.8 Å². The summed E-state index contributed by atoms with van der Waals surface area (Å²) in [5.74, 6) is 0. The van der Waals surface area contributed by atoms with Crippen molar-refractivity contribution in [1.82, 2.24) is 0 Å². The van der Waals surface area contributed by atoms with Gasteiger partial charge in [-0.15, -0.1) is 0 Å². The molecule has 0 radical (unpaired) electrons. The molecule has 0 aromatic rings. The molecule has 0 nitrogen and oxygen atoms in total. The normalized spacial score (nSPS) is 7.50. The van der Waals surface area contributed by atoms with Crippen LogP contribution in [0.25, 0.3) is 0 Å². The lowest BCUT2D eigenvalue weighted by Crippen LogP contribution is -1.47. The molecule has 0 aromatic carbocycles. The van der Waals surface area contributed by atoms with Gasteiger partial charge < -0.3 is 0 Å². The number of hydrogen-bond acceptors (Lipinski definition) is 0. The second kappa shape index (κ2) is 3.00. The molecule has 0 aliphatic rings. The van der Waals surface area contributed by atoms with Gasteiger partial charge in [-0.25, -0.2) is 0 Å². The van der Waals surface area contributed by atoms with Crippen LogP contribution in [0.15, 0.2) is 0 Å². The van der Waals surface area contributed by atoms with E-state index >= 15 is 0 Å². The zero-order chi connectivity index (χ0) is 3.41. The molecule has 0 N–H and O–H groups in total. The van der Waals surface area contributed by atoms with Gasteiger partial charge in [-0.1, -0.05) is 26.7 Å². The molecule has 0 unspecified atom stereocenters. The van der Waals surface area contributed by atoms with Gasteiger partial charge in [0.2, 0.25) is 0 Å². The zero-order valence-electron chi connectivity index (χ0n) is 3.41. The molecule has 0 fully saturated rings. The Hall–Kier alpha value is 0. The molecule has 4 heavy (non-hydrogen) atoms. The Morgan fingerprint density at radius 1 is 1.00 bits per heavy atom. The molecule has 0 saturated heterocycles.